The van der Waals surface area contributed by atoms with Gasteiger partial charge in [0.2, 0.25) is 0 Å². The number of carbonyl (C=O) groups excluding carboxylic acids is 2. The van der Waals surface area contributed by atoms with E-state index in [1.54, 1.807) is 6.21 Å². The summed E-state index contributed by atoms with van der Waals surface area (Å²) in [5.41, 5.74) is 3.69. The van der Waals surface area contributed by atoms with Gasteiger partial charge in [-0.3, -0.25) is 19.7 Å². The van der Waals surface area contributed by atoms with Gasteiger partial charge >= 0.3 is 0 Å². The number of non-ortho nitro benzene ring substituents is 1. The van der Waals surface area contributed by atoms with E-state index in [1.807, 2.05) is 44.2 Å². The Labute approximate surface area is 179 Å². The number of benzene rings is 2. The van der Waals surface area contributed by atoms with Crippen molar-refractivity contribution in [3.05, 3.63) is 75.8 Å². The van der Waals surface area contributed by atoms with Gasteiger partial charge < -0.3 is 5.32 Å². The van der Waals surface area contributed by atoms with Crippen LogP contribution in [0.25, 0.3) is 0 Å². The summed E-state index contributed by atoms with van der Waals surface area (Å²) >= 11 is 1.51. The summed E-state index contributed by atoms with van der Waals surface area (Å²) in [6.45, 7) is 3.86. The van der Waals surface area contributed by atoms with Crippen LogP contribution in [0.15, 0.2) is 59.7 Å². The van der Waals surface area contributed by atoms with Crippen molar-refractivity contribution >= 4 is 35.5 Å². The fraction of sp³-hybridized carbons (Fsp3) is 0.286. The van der Waals surface area contributed by atoms with Crippen LogP contribution < -0.4 is 10.7 Å². The third-order valence-corrected chi connectivity index (χ3v) is 5.01. The van der Waals surface area contributed by atoms with E-state index in [1.165, 1.54) is 36.0 Å². The van der Waals surface area contributed by atoms with Crippen LogP contribution in [0.5, 0.6) is 0 Å². The lowest BCUT2D eigenvalue weighted by Crippen LogP contribution is -2.47. The minimum absolute atomic E-state index is 0.109. The van der Waals surface area contributed by atoms with Gasteiger partial charge in [0.05, 0.1) is 4.92 Å². The molecule has 0 aliphatic carbocycles. The molecule has 1 atom stereocenters. The molecular formula is C21H24N4O4S. The van der Waals surface area contributed by atoms with Gasteiger partial charge in [0.15, 0.2) is 0 Å². The Morgan fingerprint density at radius 2 is 1.80 bits per heavy atom. The highest BCUT2D eigenvalue weighted by molar-refractivity contribution is 7.98. The van der Waals surface area contributed by atoms with E-state index >= 15 is 0 Å². The number of rotatable bonds is 10. The molecule has 0 aromatic heterocycles. The van der Waals surface area contributed by atoms with E-state index in [0.29, 0.717) is 11.5 Å². The molecule has 0 radical (unpaired) electrons. The van der Waals surface area contributed by atoms with E-state index in [4.69, 9.17) is 0 Å². The third kappa shape index (κ3) is 7.67. The van der Waals surface area contributed by atoms with Crippen LogP contribution in [0, 0.1) is 16.0 Å². The topological polar surface area (TPSA) is 114 Å². The van der Waals surface area contributed by atoms with Gasteiger partial charge in [-0.15, -0.1) is 0 Å². The Kier molecular flexibility index (Phi) is 9.02. The van der Waals surface area contributed by atoms with Gasteiger partial charge in [0, 0.05) is 35.4 Å². The van der Waals surface area contributed by atoms with Gasteiger partial charge in [0.1, 0.15) is 6.04 Å². The molecule has 158 valence electrons. The fourth-order valence-electron chi connectivity index (χ4n) is 2.36. The molecule has 8 nitrogen and oxygen atoms in total. The average Bonchev–Trinajstić information content (AvgIpc) is 2.73. The molecule has 0 fully saturated rings. The van der Waals surface area contributed by atoms with Crippen LogP contribution in [0.4, 0.5) is 5.69 Å². The number of nitro groups is 1. The molecular weight excluding hydrogens is 404 g/mol. The van der Waals surface area contributed by atoms with Crippen molar-refractivity contribution in [2.75, 3.05) is 5.75 Å². The number of carbonyl (C=O) groups is 2. The molecule has 2 N–H and O–H groups in total. The van der Waals surface area contributed by atoms with E-state index in [0.717, 1.165) is 5.56 Å². The van der Waals surface area contributed by atoms with Crippen LogP contribution in [-0.4, -0.2) is 34.7 Å². The summed E-state index contributed by atoms with van der Waals surface area (Å²) in [5, 5.41) is 17.4. The first-order chi connectivity index (χ1) is 14.4. The number of hydrogen-bond donors (Lipinski definition) is 2. The standard InChI is InChI=1S/C21H24N4O4S/c1-15(2)12-22-24-21(27)19(14-30-13-16-6-4-3-5-7-16)23-20(26)17-8-10-18(11-9-17)25(28)29/h3-12,15,19H,13-14H2,1-2H3,(H,23,26)(H,24,27)/b22-12+. The van der Waals surface area contributed by atoms with Gasteiger partial charge in [-0.2, -0.15) is 16.9 Å². The molecule has 0 saturated heterocycles. The predicted octanol–water partition coefficient (Wildman–Crippen LogP) is 3.38. The molecule has 0 spiro atoms. The molecule has 1 unspecified atom stereocenters. The average molecular weight is 429 g/mol. The van der Waals surface area contributed by atoms with Gasteiger partial charge in [-0.25, -0.2) is 5.43 Å². The maximum absolute atomic E-state index is 12.5. The van der Waals surface area contributed by atoms with E-state index in [2.05, 4.69) is 15.8 Å². The second-order valence-electron chi connectivity index (χ2n) is 6.83. The van der Waals surface area contributed by atoms with Crippen molar-refractivity contribution in [1.29, 1.82) is 0 Å². The number of nitro benzene ring substituents is 1. The number of hydrogen-bond acceptors (Lipinski definition) is 6. The van der Waals surface area contributed by atoms with Crippen LogP contribution in [0.2, 0.25) is 0 Å². The number of thioether (sulfide) groups is 1. The van der Waals surface area contributed by atoms with Crippen molar-refractivity contribution in [3.63, 3.8) is 0 Å². The van der Waals surface area contributed by atoms with Crippen molar-refractivity contribution in [1.82, 2.24) is 10.7 Å². The number of amides is 2. The lowest BCUT2D eigenvalue weighted by Gasteiger charge is -2.17. The first-order valence-electron chi connectivity index (χ1n) is 9.37. The van der Waals surface area contributed by atoms with Crippen molar-refractivity contribution in [3.8, 4) is 0 Å². The minimum Gasteiger partial charge on any atom is -0.339 e. The lowest BCUT2D eigenvalue weighted by molar-refractivity contribution is -0.384. The Bertz CT molecular complexity index is 886. The van der Waals surface area contributed by atoms with Gasteiger partial charge in [0.25, 0.3) is 17.5 Å². The highest BCUT2D eigenvalue weighted by Gasteiger charge is 2.22. The molecule has 0 bridgehead atoms. The third-order valence-electron chi connectivity index (χ3n) is 3.91. The Balaban J connectivity index is 2.03. The predicted molar refractivity (Wildman–Crippen MR) is 118 cm³/mol. The molecule has 2 aromatic carbocycles. The molecule has 0 saturated carbocycles. The van der Waals surface area contributed by atoms with E-state index in [-0.39, 0.29) is 17.2 Å². The first kappa shape index (κ1) is 23.1. The van der Waals surface area contributed by atoms with Crippen molar-refractivity contribution < 1.29 is 14.5 Å². The van der Waals surface area contributed by atoms with Crippen LogP contribution in [0.1, 0.15) is 29.8 Å². The number of nitrogens with one attached hydrogen (secondary N) is 2. The Morgan fingerprint density at radius 1 is 1.13 bits per heavy atom. The monoisotopic (exact) mass is 428 g/mol. The smallest absolute Gasteiger partial charge is 0.269 e. The molecule has 30 heavy (non-hydrogen) atoms. The summed E-state index contributed by atoms with van der Waals surface area (Å²) in [6.07, 6.45) is 1.60. The SMILES string of the molecule is CC(C)/C=N/NC(=O)C(CSCc1ccccc1)NC(=O)c1ccc([N+](=O)[O-])cc1. The van der Waals surface area contributed by atoms with Crippen molar-refractivity contribution in [2.24, 2.45) is 11.0 Å². The lowest BCUT2D eigenvalue weighted by atomic mass is 10.2. The highest BCUT2D eigenvalue weighted by atomic mass is 32.2. The summed E-state index contributed by atoms with van der Waals surface area (Å²) in [7, 11) is 0. The zero-order valence-electron chi connectivity index (χ0n) is 16.8. The molecule has 2 amide bonds. The maximum Gasteiger partial charge on any atom is 0.269 e. The summed E-state index contributed by atoms with van der Waals surface area (Å²) in [4.78, 5) is 35.3. The van der Waals surface area contributed by atoms with E-state index < -0.39 is 22.8 Å². The second kappa shape index (κ2) is 11.7. The highest BCUT2D eigenvalue weighted by Crippen LogP contribution is 2.15. The van der Waals surface area contributed by atoms with Gasteiger partial charge in [-0.05, 0) is 23.6 Å². The fourth-order valence-corrected chi connectivity index (χ4v) is 3.37. The molecule has 2 aromatic rings. The zero-order chi connectivity index (χ0) is 21.9. The van der Waals surface area contributed by atoms with Gasteiger partial charge in [-0.1, -0.05) is 44.2 Å². The normalized spacial score (nSPS) is 12.0. The Morgan fingerprint density at radius 3 is 2.40 bits per heavy atom. The van der Waals surface area contributed by atoms with E-state index in [9.17, 15) is 19.7 Å². The largest absolute Gasteiger partial charge is 0.339 e. The summed E-state index contributed by atoms with van der Waals surface area (Å²) in [5.74, 6) is 0.288. The summed E-state index contributed by atoms with van der Waals surface area (Å²) in [6, 6.07) is 14.2. The molecule has 9 heteroatoms. The zero-order valence-corrected chi connectivity index (χ0v) is 17.6. The molecule has 0 aliphatic rings. The molecule has 2 rings (SSSR count). The van der Waals surface area contributed by atoms with Crippen molar-refractivity contribution in [2.45, 2.75) is 25.6 Å². The first-order valence-corrected chi connectivity index (χ1v) is 10.5. The van der Waals surface area contributed by atoms with Crippen LogP contribution in [-0.2, 0) is 10.5 Å². The minimum atomic E-state index is -0.814. The quantitative estimate of drug-likeness (QED) is 0.342. The van der Waals surface area contributed by atoms with Crippen LogP contribution in [0.3, 0.4) is 0 Å². The molecule has 0 aliphatic heterocycles. The maximum atomic E-state index is 12.5. The Hall–Kier alpha value is -3.20. The number of nitrogens with zero attached hydrogens (tertiary/aromatic N) is 2. The second-order valence-corrected chi connectivity index (χ2v) is 7.86. The number of hydrazone groups is 1. The van der Waals surface area contributed by atoms with Crippen LogP contribution >= 0.6 is 11.8 Å². The molecule has 0 heterocycles. The summed E-state index contributed by atoms with van der Waals surface area (Å²) < 4.78 is 0.